The van der Waals surface area contributed by atoms with E-state index in [2.05, 4.69) is 13.8 Å². The Morgan fingerprint density at radius 3 is 2.50 bits per heavy atom. The van der Waals surface area contributed by atoms with Crippen LogP contribution in [-0.2, 0) is 4.79 Å². The summed E-state index contributed by atoms with van der Waals surface area (Å²) >= 11 is 0. The minimum Gasteiger partial charge on any atom is -0.480 e. The number of hydrogen-bond donors (Lipinski definition) is 2. The summed E-state index contributed by atoms with van der Waals surface area (Å²) in [5, 5.41) is 8.81. The Morgan fingerprint density at radius 2 is 2.07 bits per heavy atom. The average molecular weight is 201 g/mol. The van der Waals surface area contributed by atoms with Crippen molar-refractivity contribution in [3.05, 3.63) is 0 Å². The lowest BCUT2D eigenvalue weighted by molar-refractivity contribution is -0.143. The number of aliphatic carboxylic acids is 1. The fourth-order valence-corrected chi connectivity index (χ4v) is 1.35. The second kappa shape index (κ2) is 6.02. The summed E-state index contributed by atoms with van der Waals surface area (Å²) in [4.78, 5) is 10.7. The number of carboxylic acid groups (broad SMARTS) is 1. The summed E-state index contributed by atoms with van der Waals surface area (Å²) < 4.78 is 0. The van der Waals surface area contributed by atoms with E-state index < -0.39 is 11.5 Å². The van der Waals surface area contributed by atoms with Gasteiger partial charge >= 0.3 is 5.97 Å². The number of unbranched alkanes of at least 4 members (excludes halogenated alkanes) is 1. The van der Waals surface area contributed by atoms with E-state index in [0.29, 0.717) is 12.3 Å². The number of hydrogen-bond acceptors (Lipinski definition) is 2. The van der Waals surface area contributed by atoms with E-state index in [1.807, 2.05) is 0 Å². The van der Waals surface area contributed by atoms with Gasteiger partial charge in [0.05, 0.1) is 0 Å². The molecule has 0 aromatic heterocycles. The van der Waals surface area contributed by atoms with Crippen LogP contribution in [0.1, 0.15) is 52.9 Å². The molecule has 2 atom stereocenters. The molecule has 0 bridgehead atoms. The second-order valence-electron chi connectivity index (χ2n) is 4.51. The van der Waals surface area contributed by atoms with Crippen molar-refractivity contribution in [2.75, 3.05) is 0 Å². The third-order valence-electron chi connectivity index (χ3n) is 2.70. The number of carboxylic acids is 1. The normalized spacial score (nSPS) is 17.4. The Balaban J connectivity index is 3.75. The van der Waals surface area contributed by atoms with Crippen LogP contribution >= 0.6 is 0 Å². The molecule has 0 aromatic carbocycles. The molecular weight excluding hydrogens is 178 g/mol. The van der Waals surface area contributed by atoms with Crippen LogP contribution in [0, 0.1) is 5.92 Å². The van der Waals surface area contributed by atoms with Gasteiger partial charge in [0.15, 0.2) is 0 Å². The maximum Gasteiger partial charge on any atom is 0.323 e. The van der Waals surface area contributed by atoms with Gasteiger partial charge in [-0.15, -0.1) is 0 Å². The molecule has 0 radical (unpaired) electrons. The monoisotopic (exact) mass is 201 g/mol. The Labute approximate surface area is 86.7 Å². The molecule has 0 spiro atoms. The van der Waals surface area contributed by atoms with Crippen molar-refractivity contribution in [2.45, 2.75) is 58.4 Å². The van der Waals surface area contributed by atoms with E-state index in [9.17, 15) is 4.79 Å². The van der Waals surface area contributed by atoms with E-state index in [-0.39, 0.29) is 0 Å². The molecule has 14 heavy (non-hydrogen) atoms. The Hall–Kier alpha value is -0.570. The second-order valence-corrected chi connectivity index (χ2v) is 4.51. The molecule has 3 N–H and O–H groups in total. The van der Waals surface area contributed by atoms with Gasteiger partial charge in [-0.25, -0.2) is 0 Å². The number of nitrogens with two attached hydrogens (primary N) is 1. The number of rotatable bonds is 7. The van der Waals surface area contributed by atoms with Crippen LogP contribution in [0.3, 0.4) is 0 Å². The third kappa shape index (κ3) is 5.22. The Kier molecular flexibility index (Phi) is 5.77. The van der Waals surface area contributed by atoms with Crippen LogP contribution in [0.4, 0.5) is 0 Å². The molecule has 0 saturated heterocycles. The molecule has 0 aromatic rings. The molecule has 0 heterocycles. The Bertz CT molecular complexity index is 178. The minimum atomic E-state index is -1.06. The van der Waals surface area contributed by atoms with Crippen molar-refractivity contribution in [1.82, 2.24) is 0 Å². The van der Waals surface area contributed by atoms with Crippen molar-refractivity contribution < 1.29 is 9.90 Å². The van der Waals surface area contributed by atoms with Crippen molar-refractivity contribution >= 4 is 5.97 Å². The number of carbonyl (C=O) groups is 1. The maximum absolute atomic E-state index is 10.7. The molecule has 0 aliphatic rings. The SMILES string of the molecule is CCCCC(C)CCC(C)(N)C(=O)O. The summed E-state index contributed by atoms with van der Waals surface area (Å²) in [5.74, 6) is -0.322. The smallest absolute Gasteiger partial charge is 0.323 e. The summed E-state index contributed by atoms with van der Waals surface area (Å²) in [7, 11) is 0. The van der Waals surface area contributed by atoms with Crippen molar-refractivity contribution in [3.63, 3.8) is 0 Å². The summed E-state index contributed by atoms with van der Waals surface area (Å²) in [6.45, 7) is 5.91. The highest BCUT2D eigenvalue weighted by molar-refractivity contribution is 5.77. The molecule has 0 saturated carbocycles. The predicted octanol–water partition coefficient (Wildman–Crippen LogP) is 2.39. The van der Waals surface area contributed by atoms with Gasteiger partial charge in [0.2, 0.25) is 0 Å². The lowest BCUT2D eigenvalue weighted by Gasteiger charge is -2.21. The lowest BCUT2D eigenvalue weighted by atomic mass is 9.90. The van der Waals surface area contributed by atoms with E-state index in [4.69, 9.17) is 10.8 Å². The average Bonchev–Trinajstić information content (AvgIpc) is 2.11. The zero-order valence-corrected chi connectivity index (χ0v) is 9.55. The highest BCUT2D eigenvalue weighted by atomic mass is 16.4. The molecule has 0 amide bonds. The molecule has 3 nitrogen and oxygen atoms in total. The van der Waals surface area contributed by atoms with Crippen LogP contribution in [0.5, 0.6) is 0 Å². The first-order chi connectivity index (χ1) is 6.40. The van der Waals surface area contributed by atoms with Crippen molar-refractivity contribution in [1.29, 1.82) is 0 Å². The topological polar surface area (TPSA) is 63.3 Å². The van der Waals surface area contributed by atoms with Gasteiger partial charge in [-0.2, -0.15) is 0 Å². The van der Waals surface area contributed by atoms with Gasteiger partial charge in [0.25, 0.3) is 0 Å². The van der Waals surface area contributed by atoms with Gasteiger partial charge in [-0.05, 0) is 25.7 Å². The molecule has 0 rings (SSSR count). The highest BCUT2D eigenvalue weighted by Gasteiger charge is 2.27. The molecule has 3 heteroatoms. The fraction of sp³-hybridized carbons (Fsp3) is 0.909. The van der Waals surface area contributed by atoms with Crippen LogP contribution in [0.25, 0.3) is 0 Å². The first-order valence-electron chi connectivity index (χ1n) is 5.42. The van der Waals surface area contributed by atoms with Gasteiger partial charge in [0, 0.05) is 0 Å². The minimum absolute atomic E-state index is 0.563. The lowest BCUT2D eigenvalue weighted by Crippen LogP contribution is -2.44. The van der Waals surface area contributed by atoms with Crippen LogP contribution in [-0.4, -0.2) is 16.6 Å². The molecule has 2 unspecified atom stereocenters. The molecule has 0 aliphatic heterocycles. The van der Waals surface area contributed by atoms with E-state index >= 15 is 0 Å². The quantitative estimate of drug-likeness (QED) is 0.664. The highest BCUT2D eigenvalue weighted by Crippen LogP contribution is 2.18. The van der Waals surface area contributed by atoms with Crippen LogP contribution in [0.15, 0.2) is 0 Å². The van der Waals surface area contributed by atoms with E-state index in [1.165, 1.54) is 19.3 Å². The van der Waals surface area contributed by atoms with Gasteiger partial charge < -0.3 is 10.8 Å². The predicted molar refractivity (Wildman–Crippen MR) is 58.2 cm³/mol. The first-order valence-corrected chi connectivity index (χ1v) is 5.42. The summed E-state index contributed by atoms with van der Waals surface area (Å²) in [6, 6.07) is 0. The van der Waals surface area contributed by atoms with Gasteiger partial charge in [-0.1, -0.05) is 33.1 Å². The van der Waals surface area contributed by atoms with Crippen LogP contribution in [0.2, 0.25) is 0 Å². The first kappa shape index (κ1) is 13.4. The molecule has 0 aliphatic carbocycles. The largest absolute Gasteiger partial charge is 0.480 e. The van der Waals surface area contributed by atoms with Crippen molar-refractivity contribution in [3.8, 4) is 0 Å². The molecular formula is C11H23NO2. The van der Waals surface area contributed by atoms with Gasteiger partial charge in [0.1, 0.15) is 5.54 Å². The van der Waals surface area contributed by atoms with E-state index in [0.717, 1.165) is 6.42 Å². The van der Waals surface area contributed by atoms with Gasteiger partial charge in [-0.3, -0.25) is 4.79 Å². The zero-order valence-electron chi connectivity index (χ0n) is 9.55. The fourth-order valence-electron chi connectivity index (χ4n) is 1.35. The molecule has 84 valence electrons. The standard InChI is InChI=1S/C11H23NO2/c1-4-5-6-9(2)7-8-11(3,12)10(13)14/h9H,4-8,12H2,1-3H3,(H,13,14). The molecule has 0 fully saturated rings. The Morgan fingerprint density at radius 1 is 1.50 bits per heavy atom. The summed E-state index contributed by atoms with van der Waals surface area (Å²) in [6.07, 6.45) is 5.05. The van der Waals surface area contributed by atoms with Crippen LogP contribution < -0.4 is 5.73 Å². The van der Waals surface area contributed by atoms with Crippen molar-refractivity contribution in [2.24, 2.45) is 11.7 Å². The maximum atomic E-state index is 10.7. The third-order valence-corrected chi connectivity index (χ3v) is 2.70. The summed E-state index contributed by atoms with van der Waals surface area (Å²) in [5.41, 5.74) is 4.58. The zero-order chi connectivity index (χ0) is 11.2. The van der Waals surface area contributed by atoms with E-state index in [1.54, 1.807) is 6.92 Å².